The zero-order valence-corrected chi connectivity index (χ0v) is 12.6. The van der Waals surface area contributed by atoms with Gasteiger partial charge in [0.2, 0.25) is 5.96 Å². The van der Waals surface area contributed by atoms with E-state index in [1.165, 1.54) is 0 Å². The summed E-state index contributed by atoms with van der Waals surface area (Å²) in [6.07, 6.45) is 0. The van der Waals surface area contributed by atoms with Crippen LogP contribution in [-0.2, 0) is 4.74 Å². The molecule has 6 heteroatoms. The number of nitrogens with one attached hydrogen (secondary N) is 2. The average molecular weight is 287 g/mol. The highest BCUT2D eigenvalue weighted by Crippen LogP contribution is 2.21. The second-order valence-electron chi connectivity index (χ2n) is 4.88. The van der Waals surface area contributed by atoms with Crippen LogP contribution >= 0.6 is 0 Å². The van der Waals surface area contributed by atoms with Gasteiger partial charge in [0, 0.05) is 18.2 Å². The molecule has 2 aromatic rings. The first-order chi connectivity index (χ1) is 10.1. The van der Waals surface area contributed by atoms with Gasteiger partial charge in [-0.25, -0.2) is 10.8 Å². The van der Waals surface area contributed by atoms with Gasteiger partial charge in [-0.3, -0.25) is 10.4 Å². The van der Waals surface area contributed by atoms with Crippen molar-refractivity contribution in [3.63, 3.8) is 0 Å². The predicted molar refractivity (Wildman–Crippen MR) is 86.2 cm³/mol. The fraction of sp³-hybridized carbons (Fsp3) is 0.333. The monoisotopic (exact) mass is 287 g/mol. The van der Waals surface area contributed by atoms with Crippen molar-refractivity contribution in [2.45, 2.75) is 19.9 Å². The van der Waals surface area contributed by atoms with Crippen LogP contribution < -0.4 is 16.6 Å². The first-order valence-corrected chi connectivity index (χ1v) is 6.80. The SMILES string of the molecule is COCC(C)N=C(NN)Nc1cccc2ccc(C)nc12. The third kappa shape index (κ3) is 3.90. The van der Waals surface area contributed by atoms with E-state index in [0.29, 0.717) is 12.6 Å². The molecule has 0 saturated heterocycles. The molecule has 0 amide bonds. The van der Waals surface area contributed by atoms with Crippen molar-refractivity contribution in [1.82, 2.24) is 10.4 Å². The van der Waals surface area contributed by atoms with Crippen molar-refractivity contribution >= 4 is 22.5 Å². The minimum absolute atomic E-state index is 0.00165. The van der Waals surface area contributed by atoms with Crippen LogP contribution in [0, 0.1) is 6.92 Å². The number of hydrogen-bond donors (Lipinski definition) is 3. The number of nitrogens with zero attached hydrogens (tertiary/aromatic N) is 2. The van der Waals surface area contributed by atoms with Crippen molar-refractivity contribution in [3.8, 4) is 0 Å². The first kappa shape index (κ1) is 15.2. The number of aliphatic imine (C=N–C) groups is 1. The molecule has 0 aliphatic heterocycles. The van der Waals surface area contributed by atoms with Crippen molar-refractivity contribution in [1.29, 1.82) is 0 Å². The van der Waals surface area contributed by atoms with E-state index in [0.717, 1.165) is 22.3 Å². The number of anilines is 1. The Morgan fingerprint density at radius 2 is 2.19 bits per heavy atom. The third-order valence-corrected chi connectivity index (χ3v) is 3.01. The van der Waals surface area contributed by atoms with Gasteiger partial charge in [0.05, 0.1) is 23.9 Å². The molecule has 1 aromatic heterocycles. The summed E-state index contributed by atoms with van der Waals surface area (Å²) in [6.45, 7) is 4.45. The highest BCUT2D eigenvalue weighted by molar-refractivity contribution is 6.01. The van der Waals surface area contributed by atoms with E-state index in [-0.39, 0.29) is 6.04 Å². The maximum atomic E-state index is 5.53. The molecule has 0 spiro atoms. The summed E-state index contributed by atoms with van der Waals surface area (Å²) < 4.78 is 5.07. The van der Waals surface area contributed by atoms with Gasteiger partial charge in [-0.1, -0.05) is 18.2 Å². The maximum Gasteiger partial charge on any atom is 0.210 e. The number of hydrazine groups is 1. The van der Waals surface area contributed by atoms with E-state index in [1.54, 1.807) is 7.11 Å². The van der Waals surface area contributed by atoms with E-state index >= 15 is 0 Å². The number of ether oxygens (including phenoxy) is 1. The fourth-order valence-electron chi connectivity index (χ4n) is 2.08. The molecule has 112 valence electrons. The van der Waals surface area contributed by atoms with Crippen LogP contribution in [0.5, 0.6) is 0 Å². The van der Waals surface area contributed by atoms with Gasteiger partial charge in [-0.2, -0.15) is 0 Å². The van der Waals surface area contributed by atoms with Gasteiger partial charge in [-0.05, 0) is 26.0 Å². The molecular weight excluding hydrogens is 266 g/mol. The third-order valence-electron chi connectivity index (χ3n) is 3.01. The van der Waals surface area contributed by atoms with Crippen molar-refractivity contribution in [2.24, 2.45) is 10.8 Å². The molecule has 2 rings (SSSR count). The highest BCUT2D eigenvalue weighted by atomic mass is 16.5. The maximum absolute atomic E-state index is 5.53. The lowest BCUT2D eigenvalue weighted by Gasteiger charge is -2.13. The normalized spacial score (nSPS) is 13.2. The number of para-hydroxylation sites is 1. The number of aryl methyl sites for hydroxylation is 1. The molecule has 0 fully saturated rings. The first-order valence-electron chi connectivity index (χ1n) is 6.80. The Hall–Kier alpha value is -2.18. The number of rotatable bonds is 4. The molecule has 0 saturated carbocycles. The number of pyridine rings is 1. The molecule has 4 N–H and O–H groups in total. The Bertz CT molecular complexity index is 641. The largest absolute Gasteiger partial charge is 0.382 e. The second-order valence-corrected chi connectivity index (χ2v) is 4.88. The van der Waals surface area contributed by atoms with Crippen LogP contribution in [-0.4, -0.2) is 30.7 Å². The smallest absolute Gasteiger partial charge is 0.210 e. The van der Waals surface area contributed by atoms with Gasteiger partial charge in [0.1, 0.15) is 0 Å². The number of guanidine groups is 1. The zero-order valence-electron chi connectivity index (χ0n) is 12.6. The fourth-order valence-corrected chi connectivity index (χ4v) is 2.08. The molecule has 21 heavy (non-hydrogen) atoms. The number of benzene rings is 1. The molecule has 0 aliphatic rings. The van der Waals surface area contributed by atoms with E-state index < -0.39 is 0 Å². The Kier molecular flexibility index (Phi) is 5.08. The molecule has 1 aromatic carbocycles. The van der Waals surface area contributed by atoms with Gasteiger partial charge in [0.15, 0.2) is 0 Å². The number of aromatic nitrogens is 1. The van der Waals surface area contributed by atoms with Crippen LogP contribution in [0.3, 0.4) is 0 Å². The Balaban J connectivity index is 2.31. The second kappa shape index (κ2) is 7.01. The Morgan fingerprint density at radius 3 is 2.90 bits per heavy atom. The minimum atomic E-state index is -0.00165. The standard InChI is InChI=1S/C15H21N5O/c1-10-7-8-12-5-4-6-13(14(12)17-10)19-15(20-16)18-11(2)9-21-3/h4-8,11H,9,16H2,1-3H3,(H2,18,19,20). The predicted octanol–water partition coefficient (Wildman–Crippen LogP) is 1.81. The van der Waals surface area contributed by atoms with Crippen LogP contribution in [0.15, 0.2) is 35.3 Å². The topological polar surface area (TPSA) is 84.6 Å². The summed E-state index contributed by atoms with van der Waals surface area (Å²) in [7, 11) is 1.65. The summed E-state index contributed by atoms with van der Waals surface area (Å²) in [4.78, 5) is 8.99. The molecule has 1 heterocycles. The summed E-state index contributed by atoms with van der Waals surface area (Å²) in [5.41, 5.74) is 5.28. The number of nitrogens with two attached hydrogens (primary N) is 1. The van der Waals surface area contributed by atoms with Crippen molar-refractivity contribution in [3.05, 3.63) is 36.0 Å². The van der Waals surface area contributed by atoms with E-state index in [2.05, 4.69) is 20.7 Å². The Labute approximate surface area is 124 Å². The van der Waals surface area contributed by atoms with Gasteiger partial charge < -0.3 is 10.1 Å². The number of hydrogen-bond acceptors (Lipinski definition) is 4. The lowest BCUT2D eigenvalue weighted by atomic mass is 10.2. The van der Waals surface area contributed by atoms with Crippen LogP contribution in [0.2, 0.25) is 0 Å². The summed E-state index contributed by atoms with van der Waals surface area (Å²) in [6, 6.07) is 9.97. The average Bonchev–Trinajstić information content (AvgIpc) is 2.47. The zero-order chi connectivity index (χ0) is 15.2. The molecule has 6 nitrogen and oxygen atoms in total. The van der Waals surface area contributed by atoms with Gasteiger partial charge in [-0.15, -0.1) is 0 Å². The van der Waals surface area contributed by atoms with Crippen molar-refractivity contribution in [2.75, 3.05) is 19.0 Å². The Morgan fingerprint density at radius 1 is 1.38 bits per heavy atom. The number of fused-ring (bicyclic) bond motifs is 1. The minimum Gasteiger partial charge on any atom is -0.382 e. The highest BCUT2D eigenvalue weighted by Gasteiger charge is 2.07. The van der Waals surface area contributed by atoms with E-state index in [4.69, 9.17) is 10.6 Å². The molecular formula is C15H21N5O. The lowest BCUT2D eigenvalue weighted by Crippen LogP contribution is -2.37. The summed E-state index contributed by atoms with van der Waals surface area (Å²) in [5, 5.41) is 4.25. The quantitative estimate of drug-likeness (QED) is 0.346. The van der Waals surface area contributed by atoms with Gasteiger partial charge in [0.25, 0.3) is 0 Å². The van der Waals surface area contributed by atoms with Crippen LogP contribution in [0.4, 0.5) is 5.69 Å². The van der Waals surface area contributed by atoms with Gasteiger partial charge >= 0.3 is 0 Å². The van der Waals surface area contributed by atoms with Crippen molar-refractivity contribution < 1.29 is 4.74 Å². The molecule has 0 bridgehead atoms. The lowest BCUT2D eigenvalue weighted by molar-refractivity contribution is 0.185. The van der Waals surface area contributed by atoms with E-state index in [9.17, 15) is 0 Å². The summed E-state index contributed by atoms with van der Waals surface area (Å²) >= 11 is 0. The molecule has 0 aliphatic carbocycles. The summed E-state index contributed by atoms with van der Waals surface area (Å²) in [5.74, 6) is 6.02. The number of methoxy groups -OCH3 is 1. The van der Waals surface area contributed by atoms with Crippen LogP contribution in [0.1, 0.15) is 12.6 Å². The molecule has 1 unspecified atom stereocenters. The molecule has 1 atom stereocenters. The van der Waals surface area contributed by atoms with Crippen LogP contribution in [0.25, 0.3) is 10.9 Å². The molecule has 0 radical (unpaired) electrons. The van der Waals surface area contributed by atoms with E-state index in [1.807, 2.05) is 44.2 Å².